The van der Waals surface area contributed by atoms with E-state index in [1.807, 2.05) is 0 Å². The van der Waals surface area contributed by atoms with Gasteiger partial charge < -0.3 is 0 Å². The van der Waals surface area contributed by atoms with Crippen LogP contribution in [0.1, 0.15) is 37.7 Å². The van der Waals surface area contributed by atoms with E-state index in [1.54, 1.807) is 0 Å². The summed E-state index contributed by atoms with van der Waals surface area (Å²) < 4.78 is 25.9. The van der Waals surface area contributed by atoms with Gasteiger partial charge in [-0.15, -0.1) is 0 Å². The number of hydrogen-bond donors (Lipinski definition) is 0. The van der Waals surface area contributed by atoms with Crippen LogP contribution in [-0.2, 0) is 11.2 Å². The van der Waals surface area contributed by atoms with Gasteiger partial charge >= 0.3 is 0 Å². The molecule has 92 valence electrons. The summed E-state index contributed by atoms with van der Waals surface area (Å²) >= 11 is 0. The van der Waals surface area contributed by atoms with Crippen molar-refractivity contribution < 1.29 is 13.6 Å². The lowest BCUT2D eigenvalue weighted by atomic mass is 9.97. The van der Waals surface area contributed by atoms with Crippen LogP contribution in [0.15, 0.2) is 18.2 Å². The molecule has 1 fully saturated rings. The summed E-state index contributed by atoms with van der Waals surface area (Å²) in [5.74, 6) is -0.662. The van der Waals surface area contributed by atoms with Gasteiger partial charge in [0.15, 0.2) is 0 Å². The van der Waals surface area contributed by atoms with Gasteiger partial charge in [0.05, 0.1) is 0 Å². The van der Waals surface area contributed by atoms with Crippen LogP contribution in [0, 0.1) is 17.6 Å². The average molecular weight is 238 g/mol. The fourth-order valence-electron chi connectivity index (χ4n) is 2.55. The molecule has 1 aliphatic rings. The fourth-order valence-corrected chi connectivity index (χ4v) is 2.55. The second-order valence-electron chi connectivity index (χ2n) is 4.85. The minimum atomic E-state index is -0.617. The van der Waals surface area contributed by atoms with Crippen LogP contribution in [0.3, 0.4) is 0 Å². The Kier molecular flexibility index (Phi) is 3.87. The zero-order chi connectivity index (χ0) is 12.3. The van der Waals surface area contributed by atoms with E-state index in [2.05, 4.69) is 0 Å². The maximum Gasteiger partial charge on any atom is 0.137 e. The van der Waals surface area contributed by atoms with Crippen LogP contribution >= 0.6 is 0 Å². The first kappa shape index (κ1) is 12.2. The van der Waals surface area contributed by atoms with Gasteiger partial charge in [-0.2, -0.15) is 0 Å². The first-order valence-electron chi connectivity index (χ1n) is 6.10. The Labute approximate surface area is 99.8 Å². The molecule has 0 radical (unpaired) electrons. The van der Waals surface area contributed by atoms with Crippen LogP contribution in [0.5, 0.6) is 0 Å². The molecule has 2 rings (SSSR count). The normalized spacial score (nSPS) is 16.4. The topological polar surface area (TPSA) is 17.1 Å². The Bertz CT molecular complexity index is 388. The van der Waals surface area contributed by atoms with Gasteiger partial charge in [0.2, 0.25) is 0 Å². The molecule has 0 amide bonds. The van der Waals surface area contributed by atoms with Gasteiger partial charge in [-0.3, -0.25) is 4.79 Å². The van der Waals surface area contributed by atoms with Crippen molar-refractivity contribution >= 4 is 5.78 Å². The van der Waals surface area contributed by atoms with Crippen LogP contribution in [0.25, 0.3) is 0 Å². The van der Waals surface area contributed by atoms with Gasteiger partial charge in [0.25, 0.3) is 0 Å². The van der Waals surface area contributed by atoms with Crippen molar-refractivity contribution in [2.75, 3.05) is 0 Å². The number of rotatable bonds is 4. The predicted molar refractivity (Wildman–Crippen MR) is 61.6 cm³/mol. The third-order valence-corrected chi connectivity index (χ3v) is 3.31. The Balaban J connectivity index is 1.92. The molecule has 3 heteroatoms. The van der Waals surface area contributed by atoms with E-state index in [-0.39, 0.29) is 12.2 Å². The van der Waals surface area contributed by atoms with Crippen molar-refractivity contribution in [2.45, 2.75) is 38.5 Å². The highest BCUT2D eigenvalue weighted by Gasteiger charge is 2.18. The zero-order valence-electron chi connectivity index (χ0n) is 9.72. The summed E-state index contributed by atoms with van der Waals surface area (Å²) in [5, 5.41) is 0. The molecule has 1 aromatic rings. The largest absolute Gasteiger partial charge is 0.299 e. The van der Waals surface area contributed by atoms with Crippen molar-refractivity contribution in [3.63, 3.8) is 0 Å². The zero-order valence-corrected chi connectivity index (χ0v) is 9.72. The number of halogens is 2. The number of benzene rings is 1. The highest BCUT2D eigenvalue weighted by atomic mass is 19.1. The smallest absolute Gasteiger partial charge is 0.137 e. The molecule has 0 unspecified atom stereocenters. The fraction of sp³-hybridized carbons (Fsp3) is 0.500. The lowest BCUT2D eigenvalue weighted by Gasteiger charge is -2.07. The average Bonchev–Trinajstić information content (AvgIpc) is 2.67. The van der Waals surface area contributed by atoms with Gasteiger partial charge in [-0.25, -0.2) is 8.78 Å². The number of carbonyl (C=O) groups excluding carboxylic acids is 1. The molecular weight excluding hydrogens is 222 g/mol. The van der Waals surface area contributed by atoms with Gasteiger partial charge in [-0.05, 0) is 23.6 Å². The Morgan fingerprint density at radius 1 is 1.12 bits per heavy atom. The third kappa shape index (κ3) is 3.62. The highest BCUT2D eigenvalue weighted by molar-refractivity contribution is 5.81. The van der Waals surface area contributed by atoms with Crippen molar-refractivity contribution in [2.24, 2.45) is 5.92 Å². The molecule has 1 nitrogen and oxygen atoms in total. The second kappa shape index (κ2) is 5.39. The first-order valence-corrected chi connectivity index (χ1v) is 6.10. The minimum Gasteiger partial charge on any atom is -0.299 e. The van der Waals surface area contributed by atoms with E-state index in [0.717, 1.165) is 18.9 Å². The van der Waals surface area contributed by atoms with Gasteiger partial charge in [0, 0.05) is 18.9 Å². The van der Waals surface area contributed by atoms with Crippen LogP contribution in [0.4, 0.5) is 8.78 Å². The predicted octanol–water partition coefficient (Wildman–Crippen LogP) is 3.66. The summed E-state index contributed by atoms with van der Waals surface area (Å²) in [6, 6.07) is 3.29. The number of hydrogen-bond acceptors (Lipinski definition) is 1. The molecule has 0 heterocycles. The minimum absolute atomic E-state index is 0.0851. The SMILES string of the molecule is O=C(Cc1cc(F)cc(F)c1)CC1CCCC1. The van der Waals surface area contributed by atoms with Crippen LogP contribution in [-0.4, -0.2) is 5.78 Å². The van der Waals surface area contributed by atoms with Crippen LogP contribution in [0.2, 0.25) is 0 Å². The summed E-state index contributed by atoms with van der Waals surface area (Å²) in [4.78, 5) is 11.7. The van der Waals surface area contributed by atoms with E-state index in [0.29, 0.717) is 17.9 Å². The molecule has 0 aliphatic heterocycles. The highest BCUT2D eigenvalue weighted by Crippen LogP contribution is 2.28. The number of Topliss-reactive ketones (excluding diaryl/α,β-unsaturated/α-hetero) is 1. The van der Waals surface area contributed by atoms with Crippen LogP contribution < -0.4 is 0 Å². The second-order valence-corrected chi connectivity index (χ2v) is 4.85. The van der Waals surface area contributed by atoms with E-state index in [4.69, 9.17) is 0 Å². The monoisotopic (exact) mass is 238 g/mol. The summed E-state index contributed by atoms with van der Waals surface area (Å²) in [6.45, 7) is 0. The quantitative estimate of drug-likeness (QED) is 0.782. The summed E-state index contributed by atoms with van der Waals surface area (Å²) in [7, 11) is 0. The number of ketones is 1. The maximum absolute atomic E-state index is 12.9. The molecule has 0 spiro atoms. The van der Waals surface area contributed by atoms with Crippen molar-refractivity contribution in [1.29, 1.82) is 0 Å². The Hall–Kier alpha value is -1.25. The lowest BCUT2D eigenvalue weighted by molar-refractivity contribution is -0.119. The molecule has 1 aromatic carbocycles. The molecule has 0 bridgehead atoms. The maximum atomic E-state index is 12.9. The molecular formula is C14H16F2O. The van der Waals surface area contributed by atoms with E-state index in [9.17, 15) is 13.6 Å². The van der Waals surface area contributed by atoms with E-state index in [1.165, 1.54) is 25.0 Å². The molecule has 0 atom stereocenters. The van der Waals surface area contributed by atoms with Gasteiger partial charge in [-0.1, -0.05) is 25.7 Å². The van der Waals surface area contributed by atoms with Gasteiger partial charge in [0.1, 0.15) is 17.4 Å². The molecule has 0 aromatic heterocycles. The number of carbonyl (C=O) groups is 1. The van der Waals surface area contributed by atoms with Crippen molar-refractivity contribution in [3.8, 4) is 0 Å². The summed E-state index contributed by atoms with van der Waals surface area (Å²) in [5.41, 5.74) is 0.436. The van der Waals surface area contributed by atoms with E-state index < -0.39 is 11.6 Å². The van der Waals surface area contributed by atoms with Crippen molar-refractivity contribution in [3.05, 3.63) is 35.4 Å². The summed E-state index contributed by atoms with van der Waals surface area (Å²) in [6.07, 6.45) is 5.33. The third-order valence-electron chi connectivity index (χ3n) is 3.31. The molecule has 0 N–H and O–H groups in total. The Morgan fingerprint density at radius 2 is 1.71 bits per heavy atom. The molecule has 17 heavy (non-hydrogen) atoms. The Morgan fingerprint density at radius 3 is 2.29 bits per heavy atom. The molecule has 1 saturated carbocycles. The van der Waals surface area contributed by atoms with Crippen molar-refractivity contribution in [1.82, 2.24) is 0 Å². The molecule has 1 aliphatic carbocycles. The van der Waals surface area contributed by atoms with E-state index >= 15 is 0 Å². The lowest BCUT2D eigenvalue weighted by Crippen LogP contribution is -2.08. The first-order chi connectivity index (χ1) is 8.13. The molecule has 0 saturated heterocycles. The standard InChI is InChI=1S/C14H16F2O/c15-12-5-11(6-13(16)9-12)8-14(17)7-10-3-1-2-4-10/h5-6,9-10H,1-4,7-8H2.